The van der Waals surface area contributed by atoms with E-state index in [0.717, 1.165) is 16.3 Å². The van der Waals surface area contributed by atoms with Crippen molar-refractivity contribution < 1.29 is 14.4 Å². The van der Waals surface area contributed by atoms with Crippen molar-refractivity contribution in [2.75, 3.05) is 16.8 Å². The predicted octanol–water partition coefficient (Wildman–Crippen LogP) is 4.23. The topological polar surface area (TPSA) is 95.5 Å². The van der Waals surface area contributed by atoms with Gasteiger partial charge >= 0.3 is 0 Å². The summed E-state index contributed by atoms with van der Waals surface area (Å²) in [6.45, 7) is 4.21. The van der Waals surface area contributed by atoms with Gasteiger partial charge in [0.05, 0.1) is 27.5 Å². The zero-order valence-electron chi connectivity index (χ0n) is 19.1. The molecular weight excluding hydrogens is 450 g/mol. The average Bonchev–Trinajstić information content (AvgIpc) is 3.35. The Labute approximate surface area is 201 Å². The molecule has 0 radical (unpaired) electrons. The molecule has 2 aliphatic rings. The zero-order chi connectivity index (χ0) is 23.9. The second kappa shape index (κ2) is 8.64. The molecule has 9 heteroatoms. The van der Waals surface area contributed by atoms with Gasteiger partial charge < -0.3 is 10.2 Å². The van der Waals surface area contributed by atoms with Crippen molar-refractivity contribution in [2.24, 2.45) is 0 Å². The summed E-state index contributed by atoms with van der Waals surface area (Å²) in [5.74, 6) is -0.233. The number of pyridine rings is 1. The molecule has 174 valence electrons. The SMILES string of the molecule is Cc1nc(NC(=O)CCCN2C(=O)c3ccccc3N3C(=O)CCC23C)sc1-c1ccccn1. The lowest BCUT2D eigenvalue weighted by atomic mass is 9.98. The van der Waals surface area contributed by atoms with Crippen LogP contribution in [0, 0.1) is 6.92 Å². The van der Waals surface area contributed by atoms with Gasteiger partial charge in [-0.05, 0) is 51.0 Å². The highest BCUT2D eigenvalue weighted by molar-refractivity contribution is 7.19. The number of para-hydroxylation sites is 1. The number of thiazole rings is 1. The summed E-state index contributed by atoms with van der Waals surface area (Å²) in [5, 5.41) is 3.41. The quantitative estimate of drug-likeness (QED) is 0.576. The summed E-state index contributed by atoms with van der Waals surface area (Å²) in [4.78, 5) is 51.8. The molecular formula is C25H25N5O3S. The molecule has 0 aliphatic carbocycles. The predicted molar refractivity (Wildman–Crippen MR) is 131 cm³/mol. The second-order valence-corrected chi connectivity index (χ2v) is 9.72. The van der Waals surface area contributed by atoms with Gasteiger partial charge in [0.15, 0.2) is 5.13 Å². The first-order valence-corrected chi connectivity index (χ1v) is 12.1. The first-order chi connectivity index (χ1) is 16.4. The number of aromatic nitrogens is 2. The molecule has 8 nitrogen and oxygen atoms in total. The largest absolute Gasteiger partial charge is 0.315 e. The van der Waals surface area contributed by atoms with E-state index < -0.39 is 5.66 Å². The number of benzene rings is 1. The van der Waals surface area contributed by atoms with E-state index in [1.165, 1.54) is 11.3 Å². The van der Waals surface area contributed by atoms with E-state index in [1.54, 1.807) is 28.1 Å². The van der Waals surface area contributed by atoms with Gasteiger partial charge in [-0.2, -0.15) is 0 Å². The van der Waals surface area contributed by atoms with Crippen LogP contribution < -0.4 is 10.2 Å². The Hall–Kier alpha value is -3.59. The number of anilines is 2. The molecule has 0 saturated carbocycles. The maximum Gasteiger partial charge on any atom is 0.257 e. The van der Waals surface area contributed by atoms with Gasteiger partial charge in [-0.25, -0.2) is 4.98 Å². The van der Waals surface area contributed by atoms with Crippen LogP contribution in [0.1, 0.15) is 48.7 Å². The Morgan fingerprint density at radius 1 is 1.18 bits per heavy atom. The van der Waals surface area contributed by atoms with Crippen LogP contribution in [0.5, 0.6) is 0 Å². The van der Waals surface area contributed by atoms with Gasteiger partial charge in [0.1, 0.15) is 5.66 Å². The third-order valence-corrected chi connectivity index (χ3v) is 7.57. The number of hydrogen-bond donors (Lipinski definition) is 1. The van der Waals surface area contributed by atoms with Crippen LogP contribution in [0.25, 0.3) is 10.6 Å². The molecule has 5 rings (SSSR count). The van der Waals surface area contributed by atoms with Crippen LogP contribution in [-0.4, -0.2) is 44.8 Å². The number of hydrogen-bond acceptors (Lipinski definition) is 6. The first kappa shape index (κ1) is 22.2. The summed E-state index contributed by atoms with van der Waals surface area (Å²) in [7, 11) is 0. The van der Waals surface area contributed by atoms with Gasteiger partial charge in [-0.1, -0.05) is 29.5 Å². The highest BCUT2D eigenvalue weighted by Gasteiger charge is 2.52. The fourth-order valence-corrected chi connectivity index (χ4v) is 5.77. The minimum Gasteiger partial charge on any atom is -0.315 e. The molecule has 1 N–H and O–H groups in total. The number of carbonyl (C=O) groups excluding carboxylic acids is 3. The summed E-state index contributed by atoms with van der Waals surface area (Å²) >= 11 is 1.39. The molecule has 3 aromatic rings. The Balaban J connectivity index is 1.25. The van der Waals surface area contributed by atoms with Crippen molar-refractivity contribution in [3.05, 3.63) is 59.9 Å². The van der Waals surface area contributed by atoms with Gasteiger partial charge in [0.25, 0.3) is 5.91 Å². The van der Waals surface area contributed by atoms with Crippen molar-refractivity contribution in [1.82, 2.24) is 14.9 Å². The normalized spacial score (nSPS) is 19.2. The monoisotopic (exact) mass is 475 g/mol. The fraction of sp³-hybridized carbons (Fsp3) is 0.320. The standard InChI is InChI=1S/C25H25N5O3S/c1-16-22(18-9-5-6-14-26-18)34-24(27-16)28-20(31)11-7-15-29-23(33)17-8-3-4-10-19(17)30-21(32)12-13-25(29,30)2/h3-6,8-10,14H,7,11-13,15H2,1-2H3,(H,27,28,31). The molecule has 2 aromatic heterocycles. The molecule has 1 saturated heterocycles. The van der Waals surface area contributed by atoms with Crippen molar-refractivity contribution in [3.63, 3.8) is 0 Å². The summed E-state index contributed by atoms with van der Waals surface area (Å²) in [6.07, 6.45) is 3.43. The van der Waals surface area contributed by atoms with Gasteiger partial charge in [-0.15, -0.1) is 0 Å². The van der Waals surface area contributed by atoms with Gasteiger partial charge in [-0.3, -0.25) is 24.3 Å². The number of nitrogens with zero attached hydrogens (tertiary/aromatic N) is 4. The molecule has 3 amide bonds. The molecule has 0 bridgehead atoms. The van der Waals surface area contributed by atoms with Crippen LogP contribution in [0.3, 0.4) is 0 Å². The van der Waals surface area contributed by atoms with E-state index in [2.05, 4.69) is 15.3 Å². The lowest BCUT2D eigenvalue weighted by Gasteiger charge is -2.48. The molecule has 2 aliphatic heterocycles. The van der Waals surface area contributed by atoms with Crippen LogP contribution in [0.2, 0.25) is 0 Å². The van der Waals surface area contributed by atoms with Crippen LogP contribution in [0.15, 0.2) is 48.7 Å². The van der Waals surface area contributed by atoms with E-state index >= 15 is 0 Å². The summed E-state index contributed by atoms with van der Waals surface area (Å²) in [5.41, 5.74) is 2.14. The number of amides is 3. The lowest BCUT2D eigenvalue weighted by Crippen LogP contribution is -2.62. The highest BCUT2D eigenvalue weighted by Crippen LogP contribution is 2.44. The second-order valence-electron chi connectivity index (χ2n) is 8.72. The molecule has 1 fully saturated rings. The van der Waals surface area contributed by atoms with E-state index in [0.29, 0.717) is 42.2 Å². The van der Waals surface area contributed by atoms with E-state index in [9.17, 15) is 14.4 Å². The maximum atomic E-state index is 13.3. The van der Waals surface area contributed by atoms with Crippen molar-refractivity contribution in [3.8, 4) is 10.6 Å². The number of aryl methyl sites for hydroxylation is 1. The lowest BCUT2D eigenvalue weighted by molar-refractivity contribution is -0.118. The average molecular weight is 476 g/mol. The third kappa shape index (κ3) is 3.75. The molecule has 34 heavy (non-hydrogen) atoms. The Morgan fingerprint density at radius 2 is 1.97 bits per heavy atom. The van der Waals surface area contributed by atoms with Crippen molar-refractivity contribution >= 4 is 39.9 Å². The summed E-state index contributed by atoms with van der Waals surface area (Å²) < 4.78 is 0. The van der Waals surface area contributed by atoms with Crippen molar-refractivity contribution in [2.45, 2.75) is 45.2 Å². The molecule has 1 unspecified atom stereocenters. The number of rotatable bonds is 6. The van der Waals surface area contributed by atoms with Crippen LogP contribution in [0.4, 0.5) is 10.8 Å². The Bertz CT molecular complexity index is 1270. The number of fused-ring (bicyclic) bond motifs is 3. The smallest absolute Gasteiger partial charge is 0.257 e. The van der Waals surface area contributed by atoms with E-state index in [1.807, 2.05) is 44.2 Å². The van der Waals surface area contributed by atoms with E-state index in [4.69, 9.17) is 0 Å². The first-order valence-electron chi connectivity index (χ1n) is 11.3. The molecule has 4 heterocycles. The Morgan fingerprint density at radius 3 is 2.76 bits per heavy atom. The number of carbonyl (C=O) groups is 3. The minimum absolute atomic E-state index is 0.0213. The molecule has 0 spiro atoms. The maximum absolute atomic E-state index is 13.3. The Kier molecular flexibility index (Phi) is 5.65. The van der Waals surface area contributed by atoms with Gasteiger partial charge in [0, 0.05) is 25.6 Å². The zero-order valence-corrected chi connectivity index (χ0v) is 19.9. The minimum atomic E-state index is -0.705. The molecule has 1 aromatic carbocycles. The van der Waals surface area contributed by atoms with E-state index in [-0.39, 0.29) is 24.1 Å². The number of nitrogens with one attached hydrogen (secondary N) is 1. The third-order valence-electron chi connectivity index (χ3n) is 6.47. The van der Waals surface area contributed by atoms with Gasteiger partial charge in [0.2, 0.25) is 11.8 Å². The van der Waals surface area contributed by atoms with Crippen LogP contribution >= 0.6 is 11.3 Å². The van der Waals surface area contributed by atoms with Crippen LogP contribution in [-0.2, 0) is 9.59 Å². The molecule has 1 atom stereocenters. The van der Waals surface area contributed by atoms with Crippen molar-refractivity contribution in [1.29, 1.82) is 0 Å². The fourth-order valence-electron chi connectivity index (χ4n) is 4.81. The summed E-state index contributed by atoms with van der Waals surface area (Å²) in [6, 6.07) is 12.9. The highest BCUT2D eigenvalue weighted by atomic mass is 32.1.